The van der Waals surface area contributed by atoms with Gasteiger partial charge in [-0.2, -0.15) is 0 Å². The second-order valence-electron chi connectivity index (χ2n) is 5.22. The van der Waals surface area contributed by atoms with Crippen molar-refractivity contribution in [1.29, 1.82) is 0 Å². The van der Waals surface area contributed by atoms with Gasteiger partial charge in [-0.15, -0.1) is 0 Å². The van der Waals surface area contributed by atoms with Gasteiger partial charge in [0.2, 0.25) is 0 Å². The number of aliphatic imine (C=N–C) groups is 1. The van der Waals surface area contributed by atoms with E-state index in [0.717, 1.165) is 17.9 Å². The van der Waals surface area contributed by atoms with Crippen molar-refractivity contribution in [3.8, 4) is 0 Å². The number of hydrogen-bond acceptors (Lipinski definition) is 3. The van der Waals surface area contributed by atoms with Gasteiger partial charge in [0, 0.05) is 6.61 Å². The standard InChI is InChI=1S/C14H18Cl2N2O/c1-4-19-12(13-17-8-14(2,3)18-13)9-5-6-10(15)11(16)7-9/h5-7,12H,4,8H2,1-3H3,(H,17,18). The number of rotatable bonds is 4. The van der Waals surface area contributed by atoms with Crippen LogP contribution in [0, 0.1) is 0 Å². The fourth-order valence-corrected chi connectivity index (χ4v) is 2.34. The van der Waals surface area contributed by atoms with Crippen molar-refractivity contribution < 1.29 is 4.74 Å². The number of nitrogens with one attached hydrogen (secondary N) is 1. The molecule has 5 heteroatoms. The molecular formula is C14H18Cl2N2O. The van der Waals surface area contributed by atoms with Gasteiger partial charge in [-0.3, -0.25) is 4.99 Å². The fraction of sp³-hybridized carbons (Fsp3) is 0.500. The minimum atomic E-state index is -0.221. The minimum Gasteiger partial charge on any atom is -0.366 e. The zero-order valence-corrected chi connectivity index (χ0v) is 12.8. The zero-order valence-electron chi connectivity index (χ0n) is 11.3. The highest BCUT2D eigenvalue weighted by Crippen LogP contribution is 2.29. The van der Waals surface area contributed by atoms with Crippen molar-refractivity contribution in [3.05, 3.63) is 33.8 Å². The first-order chi connectivity index (χ1) is 8.93. The molecule has 104 valence electrons. The van der Waals surface area contributed by atoms with E-state index in [1.807, 2.05) is 19.1 Å². The van der Waals surface area contributed by atoms with Crippen molar-refractivity contribution in [2.45, 2.75) is 32.4 Å². The van der Waals surface area contributed by atoms with Crippen LogP contribution in [0.4, 0.5) is 0 Å². The predicted octanol–water partition coefficient (Wildman–Crippen LogP) is 3.85. The van der Waals surface area contributed by atoms with Gasteiger partial charge >= 0.3 is 0 Å². The molecule has 0 bridgehead atoms. The topological polar surface area (TPSA) is 33.6 Å². The van der Waals surface area contributed by atoms with Gasteiger partial charge in [0.15, 0.2) is 0 Å². The van der Waals surface area contributed by atoms with E-state index in [4.69, 9.17) is 27.9 Å². The van der Waals surface area contributed by atoms with Gasteiger partial charge in [0.25, 0.3) is 0 Å². The fourth-order valence-electron chi connectivity index (χ4n) is 2.03. The summed E-state index contributed by atoms with van der Waals surface area (Å²) in [5, 5.41) is 4.47. The van der Waals surface area contributed by atoms with Crippen LogP contribution in [0.3, 0.4) is 0 Å². The van der Waals surface area contributed by atoms with Crippen LogP contribution in [-0.4, -0.2) is 24.5 Å². The molecule has 1 aromatic rings. The first-order valence-corrected chi connectivity index (χ1v) is 7.07. The van der Waals surface area contributed by atoms with E-state index in [-0.39, 0.29) is 11.6 Å². The molecule has 0 saturated heterocycles. The number of hydrogen-bond donors (Lipinski definition) is 1. The average molecular weight is 301 g/mol. The third kappa shape index (κ3) is 3.41. The summed E-state index contributed by atoms with van der Waals surface area (Å²) in [7, 11) is 0. The highest BCUT2D eigenvalue weighted by molar-refractivity contribution is 6.42. The Kier molecular flexibility index (Phi) is 4.39. The molecule has 0 saturated carbocycles. The number of halogens is 2. The van der Waals surface area contributed by atoms with E-state index in [1.165, 1.54) is 0 Å². The zero-order chi connectivity index (χ0) is 14.0. The Balaban J connectivity index is 2.27. The van der Waals surface area contributed by atoms with Crippen molar-refractivity contribution in [2.24, 2.45) is 4.99 Å². The first-order valence-electron chi connectivity index (χ1n) is 6.32. The maximum Gasteiger partial charge on any atom is 0.139 e. The Morgan fingerprint density at radius 1 is 1.37 bits per heavy atom. The summed E-state index contributed by atoms with van der Waals surface area (Å²) in [4.78, 5) is 4.54. The van der Waals surface area contributed by atoms with E-state index in [0.29, 0.717) is 16.7 Å². The lowest BCUT2D eigenvalue weighted by atomic mass is 10.1. The molecule has 0 spiro atoms. The molecule has 3 nitrogen and oxygen atoms in total. The Morgan fingerprint density at radius 2 is 2.11 bits per heavy atom. The summed E-state index contributed by atoms with van der Waals surface area (Å²) in [6.45, 7) is 7.53. The van der Waals surface area contributed by atoms with E-state index >= 15 is 0 Å². The van der Waals surface area contributed by atoms with E-state index in [9.17, 15) is 0 Å². The Morgan fingerprint density at radius 3 is 2.63 bits per heavy atom. The van der Waals surface area contributed by atoms with E-state index < -0.39 is 0 Å². The van der Waals surface area contributed by atoms with Crippen LogP contribution in [-0.2, 0) is 4.74 Å². The molecular weight excluding hydrogens is 283 g/mol. The highest BCUT2D eigenvalue weighted by Gasteiger charge is 2.30. The molecule has 1 unspecified atom stereocenters. The molecule has 0 aromatic heterocycles. The molecule has 1 aliphatic rings. The average Bonchev–Trinajstić information content (AvgIpc) is 2.70. The number of benzene rings is 1. The van der Waals surface area contributed by atoms with Gasteiger partial charge in [-0.25, -0.2) is 0 Å². The molecule has 1 N–H and O–H groups in total. The maximum atomic E-state index is 6.07. The third-order valence-electron chi connectivity index (χ3n) is 2.94. The van der Waals surface area contributed by atoms with Crippen LogP contribution in [0.15, 0.2) is 23.2 Å². The largest absolute Gasteiger partial charge is 0.366 e. The normalized spacial score (nSPS) is 18.9. The maximum absolute atomic E-state index is 6.07. The van der Waals surface area contributed by atoms with Crippen molar-refractivity contribution in [1.82, 2.24) is 5.32 Å². The first kappa shape index (κ1) is 14.6. The summed E-state index contributed by atoms with van der Waals surface area (Å²) in [5.74, 6) is 0.852. The molecule has 0 radical (unpaired) electrons. The van der Waals surface area contributed by atoms with Gasteiger partial charge in [0.1, 0.15) is 11.9 Å². The molecule has 1 atom stereocenters. The number of ether oxygens (including phenoxy) is 1. The number of amidine groups is 1. The van der Waals surface area contributed by atoms with Crippen molar-refractivity contribution in [2.75, 3.05) is 13.2 Å². The summed E-state index contributed by atoms with van der Waals surface area (Å²) < 4.78 is 5.81. The predicted molar refractivity (Wildman–Crippen MR) is 80.3 cm³/mol. The van der Waals surface area contributed by atoms with Crippen LogP contribution in [0.5, 0.6) is 0 Å². The van der Waals surface area contributed by atoms with Gasteiger partial charge in [-0.1, -0.05) is 29.3 Å². The lowest BCUT2D eigenvalue weighted by Gasteiger charge is -2.23. The summed E-state index contributed by atoms with van der Waals surface area (Å²) in [6.07, 6.45) is -0.221. The second kappa shape index (κ2) is 5.70. The SMILES string of the molecule is CCOC(C1=NCC(C)(C)N1)c1ccc(Cl)c(Cl)c1. The molecule has 1 aromatic carbocycles. The van der Waals surface area contributed by atoms with Crippen molar-refractivity contribution >= 4 is 29.0 Å². The van der Waals surface area contributed by atoms with Gasteiger partial charge < -0.3 is 10.1 Å². The molecule has 0 aliphatic carbocycles. The van der Waals surface area contributed by atoms with Crippen LogP contribution in [0.1, 0.15) is 32.4 Å². The Labute approximate surface area is 124 Å². The summed E-state index contributed by atoms with van der Waals surface area (Å²) in [5.41, 5.74) is 0.932. The molecule has 0 amide bonds. The van der Waals surface area contributed by atoms with Crippen molar-refractivity contribution in [3.63, 3.8) is 0 Å². The van der Waals surface area contributed by atoms with Crippen LogP contribution in [0.2, 0.25) is 10.0 Å². The summed E-state index contributed by atoms with van der Waals surface area (Å²) >= 11 is 12.0. The quantitative estimate of drug-likeness (QED) is 0.916. The molecule has 2 rings (SSSR count). The lowest BCUT2D eigenvalue weighted by Crippen LogP contribution is -2.42. The highest BCUT2D eigenvalue weighted by atomic mass is 35.5. The minimum absolute atomic E-state index is 0.0269. The van der Waals surface area contributed by atoms with E-state index in [1.54, 1.807) is 6.07 Å². The molecule has 19 heavy (non-hydrogen) atoms. The monoisotopic (exact) mass is 300 g/mol. The van der Waals surface area contributed by atoms with E-state index in [2.05, 4.69) is 24.2 Å². The molecule has 1 heterocycles. The Bertz CT molecular complexity index is 500. The van der Waals surface area contributed by atoms with Gasteiger partial charge in [0.05, 0.1) is 22.1 Å². The Hall–Kier alpha value is -0.770. The van der Waals surface area contributed by atoms with Gasteiger partial charge in [-0.05, 0) is 38.5 Å². The van der Waals surface area contributed by atoms with Crippen LogP contribution in [0.25, 0.3) is 0 Å². The molecule has 1 aliphatic heterocycles. The summed E-state index contributed by atoms with van der Waals surface area (Å²) in [6, 6.07) is 5.54. The second-order valence-corrected chi connectivity index (χ2v) is 6.03. The number of nitrogens with zero attached hydrogens (tertiary/aromatic N) is 1. The van der Waals surface area contributed by atoms with Crippen LogP contribution < -0.4 is 5.32 Å². The smallest absolute Gasteiger partial charge is 0.139 e. The lowest BCUT2D eigenvalue weighted by molar-refractivity contribution is 0.107. The van der Waals surface area contributed by atoms with Crippen LogP contribution >= 0.6 is 23.2 Å². The molecule has 0 fully saturated rings. The third-order valence-corrected chi connectivity index (χ3v) is 3.68.